The molecule has 3 heterocycles. The molecular formula is C24H15IrN2O3Y-3. The first kappa shape index (κ1) is 25.0. The Morgan fingerprint density at radius 1 is 0.968 bits per heavy atom. The quantitative estimate of drug-likeness (QED) is 0.322. The molecule has 4 aromatic rings. The molecule has 1 N–H and O–H groups in total. The molecule has 0 spiro atoms. The van der Waals surface area contributed by atoms with Gasteiger partial charge in [-0.2, -0.15) is 35.4 Å². The molecule has 0 fully saturated rings. The second-order valence-corrected chi connectivity index (χ2v) is 6.12. The number of pyridine rings is 2. The van der Waals surface area contributed by atoms with E-state index in [1.807, 2.05) is 42.5 Å². The SMILES string of the molecule is O=C(O)c1ccccn1.[Ir].[Y].[c-]1ccccc1-c1[c-]c2c([c-]c1)-c1ncccc1OC2. The predicted molar refractivity (Wildman–Crippen MR) is 107 cm³/mol. The summed E-state index contributed by atoms with van der Waals surface area (Å²) in [6, 6.07) is 28.3. The Bertz CT molecular complexity index is 1140. The zero-order valence-electron chi connectivity index (χ0n) is 16.2. The van der Waals surface area contributed by atoms with Crippen LogP contribution in [0, 0.1) is 18.2 Å². The fourth-order valence-electron chi connectivity index (χ4n) is 2.85. The monoisotopic (exact) mass is 661 g/mol. The van der Waals surface area contributed by atoms with Gasteiger partial charge in [-0.25, -0.2) is 39.1 Å². The standard InChI is InChI=1S/C18H10NO.C6H5NO2.Ir.Y/c1-2-5-13(6-3-1)14-8-9-16-15(11-14)12-20-17-7-4-10-19-18(16)17;8-6(9)5-3-1-2-4-7-5;;/h1-5,7-8,10H,12H2;1-4H,(H,8,9);;/q-3;;;. The van der Waals surface area contributed by atoms with Crippen LogP contribution in [0.3, 0.4) is 0 Å². The number of fused-ring (bicyclic) bond motifs is 3. The van der Waals surface area contributed by atoms with Gasteiger partial charge in [-0.1, -0.05) is 6.07 Å². The molecule has 0 amide bonds. The van der Waals surface area contributed by atoms with E-state index < -0.39 is 5.97 Å². The topological polar surface area (TPSA) is 72.3 Å². The molecule has 0 bridgehead atoms. The van der Waals surface area contributed by atoms with Crippen LogP contribution in [-0.4, -0.2) is 21.0 Å². The molecule has 154 valence electrons. The zero-order valence-corrected chi connectivity index (χ0v) is 21.4. The molecule has 2 aromatic heterocycles. The van der Waals surface area contributed by atoms with E-state index in [4.69, 9.17) is 9.84 Å². The van der Waals surface area contributed by atoms with E-state index in [-0.39, 0.29) is 58.5 Å². The molecule has 0 saturated heterocycles. The Labute approximate surface area is 219 Å². The summed E-state index contributed by atoms with van der Waals surface area (Å²) >= 11 is 0. The van der Waals surface area contributed by atoms with Crippen LogP contribution in [-0.2, 0) is 59.4 Å². The van der Waals surface area contributed by atoms with E-state index in [1.54, 1.807) is 18.3 Å². The fraction of sp³-hybridized carbons (Fsp3) is 0.0417. The van der Waals surface area contributed by atoms with Crippen LogP contribution >= 0.6 is 0 Å². The van der Waals surface area contributed by atoms with Crippen LogP contribution in [0.25, 0.3) is 22.4 Å². The summed E-state index contributed by atoms with van der Waals surface area (Å²) in [5, 5.41) is 8.32. The number of carboxylic acid groups (broad SMARTS) is 1. The molecule has 1 aliphatic rings. The van der Waals surface area contributed by atoms with Gasteiger partial charge in [-0.15, -0.1) is 6.07 Å². The van der Waals surface area contributed by atoms with Crippen molar-refractivity contribution in [3.8, 4) is 28.1 Å². The summed E-state index contributed by atoms with van der Waals surface area (Å²) in [7, 11) is 0. The summed E-state index contributed by atoms with van der Waals surface area (Å²) in [5.41, 5.74) is 4.88. The number of ether oxygens (including phenoxy) is 1. The maximum atomic E-state index is 10.1. The van der Waals surface area contributed by atoms with Crippen molar-refractivity contribution >= 4 is 5.97 Å². The van der Waals surface area contributed by atoms with Crippen molar-refractivity contribution in [2.75, 3.05) is 0 Å². The third kappa shape index (κ3) is 6.14. The average Bonchev–Trinajstić information content (AvgIpc) is 2.80. The number of carboxylic acids is 1. The van der Waals surface area contributed by atoms with Gasteiger partial charge in [0.2, 0.25) is 0 Å². The van der Waals surface area contributed by atoms with Gasteiger partial charge in [0, 0.05) is 65.2 Å². The Balaban J connectivity index is 0.000000267. The van der Waals surface area contributed by atoms with E-state index in [2.05, 4.69) is 28.2 Å². The van der Waals surface area contributed by atoms with E-state index in [1.165, 1.54) is 12.3 Å². The average molecular weight is 661 g/mol. The normalized spacial score (nSPS) is 10.5. The predicted octanol–water partition coefficient (Wildman–Crippen LogP) is 4.48. The first-order valence-electron chi connectivity index (χ1n) is 8.89. The van der Waals surface area contributed by atoms with Crippen LogP contribution in [0.15, 0.2) is 73.1 Å². The number of benzene rings is 2. The van der Waals surface area contributed by atoms with Crippen molar-refractivity contribution in [1.82, 2.24) is 9.97 Å². The van der Waals surface area contributed by atoms with Gasteiger partial charge in [0.15, 0.2) is 0 Å². The van der Waals surface area contributed by atoms with Crippen LogP contribution in [0.4, 0.5) is 0 Å². The van der Waals surface area contributed by atoms with Gasteiger partial charge in [0.05, 0.1) is 12.4 Å². The zero-order chi connectivity index (χ0) is 20.1. The summed E-state index contributed by atoms with van der Waals surface area (Å²) in [5.74, 6) is -0.181. The van der Waals surface area contributed by atoms with E-state index in [0.29, 0.717) is 6.61 Å². The molecule has 31 heavy (non-hydrogen) atoms. The third-order valence-corrected chi connectivity index (χ3v) is 4.21. The summed E-state index contributed by atoms with van der Waals surface area (Å²) < 4.78 is 5.72. The summed E-state index contributed by atoms with van der Waals surface area (Å²) in [6.45, 7) is 0.505. The molecule has 0 aliphatic carbocycles. The number of rotatable bonds is 2. The Kier molecular flexibility index (Phi) is 9.66. The minimum atomic E-state index is -0.990. The smallest absolute Gasteiger partial charge is 0.354 e. The van der Waals surface area contributed by atoms with Gasteiger partial charge >= 0.3 is 5.97 Å². The molecule has 7 heteroatoms. The van der Waals surface area contributed by atoms with Crippen molar-refractivity contribution in [1.29, 1.82) is 0 Å². The largest absolute Gasteiger partial charge is 0.508 e. The fourth-order valence-corrected chi connectivity index (χ4v) is 2.85. The van der Waals surface area contributed by atoms with Crippen LogP contribution in [0.1, 0.15) is 16.1 Å². The van der Waals surface area contributed by atoms with Crippen molar-refractivity contribution < 1.29 is 67.5 Å². The number of hydrogen-bond donors (Lipinski definition) is 1. The minimum Gasteiger partial charge on any atom is -0.508 e. The van der Waals surface area contributed by atoms with Crippen molar-refractivity contribution in [2.45, 2.75) is 6.61 Å². The summed E-state index contributed by atoms with van der Waals surface area (Å²) in [4.78, 5) is 18.1. The molecule has 0 saturated carbocycles. The maximum absolute atomic E-state index is 10.1. The van der Waals surface area contributed by atoms with E-state index in [0.717, 1.165) is 33.7 Å². The number of carbonyl (C=O) groups is 1. The summed E-state index contributed by atoms with van der Waals surface area (Å²) in [6.07, 6.45) is 3.22. The maximum Gasteiger partial charge on any atom is 0.354 e. The van der Waals surface area contributed by atoms with Gasteiger partial charge in [-0.3, -0.25) is 0 Å². The number of nitrogens with zero attached hydrogens (tertiary/aromatic N) is 2. The van der Waals surface area contributed by atoms with E-state index in [9.17, 15) is 4.79 Å². The Hall–Kier alpha value is -2.24. The second-order valence-electron chi connectivity index (χ2n) is 6.12. The number of aromatic nitrogens is 2. The Morgan fingerprint density at radius 3 is 2.45 bits per heavy atom. The van der Waals surface area contributed by atoms with Gasteiger partial charge in [-0.05, 0) is 30.0 Å². The van der Waals surface area contributed by atoms with Crippen LogP contribution in [0.5, 0.6) is 5.75 Å². The van der Waals surface area contributed by atoms with E-state index >= 15 is 0 Å². The number of aromatic carboxylic acids is 1. The molecule has 5 nitrogen and oxygen atoms in total. The van der Waals surface area contributed by atoms with Gasteiger partial charge in [0.1, 0.15) is 5.69 Å². The first-order chi connectivity index (χ1) is 14.2. The molecule has 1 aliphatic heterocycles. The van der Waals surface area contributed by atoms with Crippen molar-refractivity contribution in [2.24, 2.45) is 0 Å². The van der Waals surface area contributed by atoms with Crippen LogP contribution in [0.2, 0.25) is 0 Å². The number of hydrogen-bond acceptors (Lipinski definition) is 4. The molecule has 0 unspecified atom stereocenters. The van der Waals surface area contributed by atoms with Crippen LogP contribution < -0.4 is 4.74 Å². The van der Waals surface area contributed by atoms with Gasteiger partial charge < -0.3 is 14.8 Å². The van der Waals surface area contributed by atoms with Crippen molar-refractivity contribution in [3.63, 3.8) is 0 Å². The molecule has 2 aromatic carbocycles. The Morgan fingerprint density at radius 2 is 1.77 bits per heavy atom. The first-order valence-corrected chi connectivity index (χ1v) is 8.89. The molecule has 2 radical (unpaired) electrons. The molecule has 0 atom stereocenters. The second kappa shape index (κ2) is 12.0. The van der Waals surface area contributed by atoms with Gasteiger partial charge in [0.25, 0.3) is 0 Å². The van der Waals surface area contributed by atoms with Crippen molar-refractivity contribution in [3.05, 3.63) is 103 Å². The molecule has 5 rings (SSSR count). The minimum absolute atomic E-state index is 0. The third-order valence-electron chi connectivity index (χ3n) is 4.21. The molecular weight excluding hydrogens is 645 g/mol.